The molecule has 4 heteroatoms. The van der Waals surface area contributed by atoms with Crippen molar-refractivity contribution in [1.29, 1.82) is 0 Å². The minimum absolute atomic E-state index is 0.458. The number of aliphatic hydroxyl groups excluding tert-OH is 1. The molecule has 1 aromatic rings. The number of nitro groups is 1. The van der Waals surface area contributed by atoms with E-state index in [-0.39, 0.29) is 0 Å². The van der Waals surface area contributed by atoms with Crippen LogP contribution >= 0.6 is 0 Å². The fourth-order valence-corrected chi connectivity index (χ4v) is 1.35. The summed E-state index contributed by atoms with van der Waals surface area (Å²) in [5.74, 6) is 0. The number of aryl methyl sites for hydroxylation is 1. The molecular weight excluding hydrogens is 194 g/mol. The van der Waals surface area contributed by atoms with Crippen LogP contribution in [0.25, 0.3) is 0 Å². The summed E-state index contributed by atoms with van der Waals surface area (Å²) in [6.07, 6.45) is -1.09. The van der Waals surface area contributed by atoms with Crippen molar-refractivity contribution in [2.24, 2.45) is 0 Å². The molecule has 0 spiro atoms. The summed E-state index contributed by atoms with van der Waals surface area (Å²) in [6.45, 7) is 4.72. The van der Waals surface area contributed by atoms with Gasteiger partial charge in [-0.15, -0.1) is 0 Å². The van der Waals surface area contributed by atoms with Gasteiger partial charge in [-0.1, -0.05) is 29.8 Å². The van der Waals surface area contributed by atoms with E-state index in [0.717, 1.165) is 5.56 Å². The second-order valence-electron chi connectivity index (χ2n) is 4.23. The van der Waals surface area contributed by atoms with E-state index in [4.69, 9.17) is 0 Å². The van der Waals surface area contributed by atoms with Crippen LogP contribution in [-0.4, -0.2) is 15.6 Å². The van der Waals surface area contributed by atoms with Gasteiger partial charge in [-0.05, 0) is 12.5 Å². The first-order chi connectivity index (χ1) is 6.85. The second kappa shape index (κ2) is 3.98. The molecule has 0 radical (unpaired) electrons. The number of nitrogens with zero attached hydrogens (tertiary/aromatic N) is 1. The van der Waals surface area contributed by atoms with Crippen LogP contribution in [0.15, 0.2) is 24.3 Å². The first-order valence-electron chi connectivity index (χ1n) is 4.75. The van der Waals surface area contributed by atoms with Crippen molar-refractivity contribution < 1.29 is 10.0 Å². The van der Waals surface area contributed by atoms with Gasteiger partial charge in [0, 0.05) is 18.8 Å². The van der Waals surface area contributed by atoms with Crippen molar-refractivity contribution in [3.05, 3.63) is 45.5 Å². The predicted molar refractivity (Wildman–Crippen MR) is 57.2 cm³/mol. The number of benzene rings is 1. The third-order valence-electron chi connectivity index (χ3n) is 2.50. The van der Waals surface area contributed by atoms with Crippen molar-refractivity contribution in [2.75, 3.05) is 0 Å². The Kier molecular flexibility index (Phi) is 3.09. The van der Waals surface area contributed by atoms with Crippen LogP contribution in [0, 0.1) is 17.0 Å². The maximum atomic E-state index is 10.8. The zero-order valence-electron chi connectivity index (χ0n) is 9.10. The van der Waals surface area contributed by atoms with Gasteiger partial charge in [0.05, 0.1) is 0 Å². The molecule has 0 aromatic heterocycles. The highest BCUT2D eigenvalue weighted by molar-refractivity contribution is 5.25. The molecular formula is C11H15NO3. The Bertz CT molecular complexity index is 374. The Balaban J connectivity index is 3.04. The van der Waals surface area contributed by atoms with Crippen LogP contribution in [0.4, 0.5) is 0 Å². The van der Waals surface area contributed by atoms with Gasteiger partial charge < -0.3 is 5.11 Å². The molecule has 1 rings (SSSR count). The third kappa shape index (κ3) is 2.33. The van der Waals surface area contributed by atoms with Crippen LogP contribution in [0.1, 0.15) is 31.1 Å². The highest BCUT2D eigenvalue weighted by Gasteiger charge is 2.40. The smallest absolute Gasteiger partial charge is 0.246 e. The van der Waals surface area contributed by atoms with E-state index in [0.29, 0.717) is 5.56 Å². The summed E-state index contributed by atoms with van der Waals surface area (Å²) in [7, 11) is 0. The molecule has 1 aromatic carbocycles. The summed E-state index contributed by atoms with van der Waals surface area (Å²) in [5, 5.41) is 20.7. The molecule has 1 atom stereocenters. The number of aliphatic hydroxyl groups is 1. The number of hydrogen-bond donors (Lipinski definition) is 1. The van der Waals surface area contributed by atoms with Crippen molar-refractivity contribution in [1.82, 2.24) is 0 Å². The number of hydrogen-bond acceptors (Lipinski definition) is 3. The van der Waals surface area contributed by atoms with Crippen LogP contribution in [0.5, 0.6) is 0 Å². The standard InChI is InChI=1S/C11H15NO3/c1-8-5-4-6-9(7-8)10(13)11(2,3)12(14)15/h4-7,10,13H,1-3H3. The van der Waals surface area contributed by atoms with Gasteiger partial charge >= 0.3 is 0 Å². The summed E-state index contributed by atoms with van der Waals surface area (Å²) in [5.41, 5.74) is 0.191. The van der Waals surface area contributed by atoms with Crippen molar-refractivity contribution in [3.8, 4) is 0 Å². The topological polar surface area (TPSA) is 63.4 Å². The molecule has 0 aliphatic rings. The van der Waals surface area contributed by atoms with Crippen molar-refractivity contribution in [2.45, 2.75) is 32.4 Å². The lowest BCUT2D eigenvalue weighted by molar-refractivity contribution is -0.575. The molecule has 4 nitrogen and oxygen atoms in total. The minimum Gasteiger partial charge on any atom is -0.381 e. The second-order valence-corrected chi connectivity index (χ2v) is 4.23. The SMILES string of the molecule is Cc1cccc(C(O)C(C)(C)[N+](=O)[O-])c1. The highest BCUT2D eigenvalue weighted by Crippen LogP contribution is 2.28. The predicted octanol–water partition coefficient (Wildman–Crippen LogP) is 2.08. The van der Waals surface area contributed by atoms with Gasteiger partial charge in [0.15, 0.2) is 0 Å². The van der Waals surface area contributed by atoms with Crippen molar-refractivity contribution >= 4 is 0 Å². The lowest BCUT2D eigenvalue weighted by Gasteiger charge is -2.22. The maximum Gasteiger partial charge on any atom is 0.246 e. The maximum absolute atomic E-state index is 10.8. The lowest BCUT2D eigenvalue weighted by Crippen LogP contribution is -2.38. The van der Waals surface area contributed by atoms with Crippen LogP contribution in [-0.2, 0) is 0 Å². The Morgan fingerprint density at radius 1 is 1.47 bits per heavy atom. The molecule has 0 saturated carbocycles. The molecule has 0 heterocycles. The molecule has 0 amide bonds. The molecule has 82 valence electrons. The van der Waals surface area contributed by atoms with Gasteiger partial charge in [-0.3, -0.25) is 10.1 Å². The van der Waals surface area contributed by atoms with Crippen LogP contribution < -0.4 is 0 Å². The van der Waals surface area contributed by atoms with E-state index in [1.807, 2.05) is 13.0 Å². The summed E-state index contributed by atoms with van der Waals surface area (Å²) < 4.78 is 0. The molecule has 1 unspecified atom stereocenters. The average molecular weight is 209 g/mol. The monoisotopic (exact) mass is 209 g/mol. The van der Waals surface area contributed by atoms with Crippen molar-refractivity contribution in [3.63, 3.8) is 0 Å². The fraction of sp³-hybridized carbons (Fsp3) is 0.455. The van der Waals surface area contributed by atoms with E-state index in [1.165, 1.54) is 13.8 Å². The zero-order valence-corrected chi connectivity index (χ0v) is 9.10. The Labute approximate surface area is 88.7 Å². The summed E-state index contributed by atoms with van der Waals surface area (Å²) in [6, 6.07) is 7.12. The first kappa shape index (κ1) is 11.7. The lowest BCUT2D eigenvalue weighted by atomic mass is 9.91. The molecule has 0 saturated heterocycles. The van der Waals surface area contributed by atoms with Gasteiger partial charge in [0.25, 0.3) is 0 Å². The Morgan fingerprint density at radius 3 is 2.53 bits per heavy atom. The van der Waals surface area contributed by atoms with E-state index in [1.54, 1.807) is 18.2 Å². The van der Waals surface area contributed by atoms with Gasteiger partial charge in [-0.2, -0.15) is 0 Å². The normalized spacial score (nSPS) is 13.6. The van der Waals surface area contributed by atoms with Gasteiger partial charge in [0.2, 0.25) is 5.54 Å². The Hall–Kier alpha value is -1.42. The van der Waals surface area contributed by atoms with Gasteiger partial charge in [0.1, 0.15) is 6.10 Å². The van der Waals surface area contributed by atoms with E-state index >= 15 is 0 Å². The molecule has 1 N–H and O–H groups in total. The Morgan fingerprint density at radius 2 is 2.07 bits per heavy atom. The average Bonchev–Trinajstić information content (AvgIpc) is 2.16. The highest BCUT2D eigenvalue weighted by atomic mass is 16.6. The van der Waals surface area contributed by atoms with Gasteiger partial charge in [-0.25, -0.2) is 0 Å². The summed E-state index contributed by atoms with van der Waals surface area (Å²) >= 11 is 0. The molecule has 0 aliphatic carbocycles. The largest absolute Gasteiger partial charge is 0.381 e. The zero-order chi connectivity index (χ0) is 11.6. The molecule has 0 bridgehead atoms. The minimum atomic E-state index is -1.37. The molecule has 0 fully saturated rings. The first-order valence-corrected chi connectivity index (χ1v) is 4.75. The fourth-order valence-electron chi connectivity index (χ4n) is 1.35. The molecule has 0 aliphatic heterocycles. The van der Waals surface area contributed by atoms with E-state index in [2.05, 4.69) is 0 Å². The third-order valence-corrected chi connectivity index (χ3v) is 2.50. The molecule has 15 heavy (non-hydrogen) atoms. The number of rotatable bonds is 3. The van der Waals surface area contributed by atoms with E-state index in [9.17, 15) is 15.2 Å². The van der Waals surface area contributed by atoms with Crippen LogP contribution in [0.2, 0.25) is 0 Å². The van der Waals surface area contributed by atoms with E-state index < -0.39 is 16.6 Å². The van der Waals surface area contributed by atoms with Crippen LogP contribution in [0.3, 0.4) is 0 Å². The summed E-state index contributed by atoms with van der Waals surface area (Å²) in [4.78, 5) is 10.3. The quantitative estimate of drug-likeness (QED) is 0.612.